The lowest BCUT2D eigenvalue weighted by atomic mass is 10.0. The van der Waals surface area contributed by atoms with Gasteiger partial charge >= 0.3 is 0 Å². The van der Waals surface area contributed by atoms with Crippen LogP contribution in [0.2, 0.25) is 10.2 Å². The molecule has 0 aliphatic carbocycles. The maximum absolute atomic E-state index is 12.5. The molecule has 1 saturated heterocycles. The second-order valence-corrected chi connectivity index (χ2v) is 10.8. The van der Waals surface area contributed by atoms with E-state index < -0.39 is 0 Å². The largest absolute Gasteiger partial charge is 0.370 e. The highest BCUT2D eigenvalue weighted by molar-refractivity contribution is 6.35. The Morgan fingerprint density at radius 3 is 2.72 bits per heavy atom. The highest BCUT2D eigenvalue weighted by Gasteiger charge is 2.18. The van der Waals surface area contributed by atoms with Gasteiger partial charge in [0.15, 0.2) is 11.4 Å². The number of likely N-dealkylation sites (N-methyl/N-ethyl adjacent to an activating group) is 1. The van der Waals surface area contributed by atoms with Crippen LogP contribution in [-0.2, 0) is 11.2 Å². The van der Waals surface area contributed by atoms with E-state index in [9.17, 15) is 4.79 Å². The number of nitrogens with one attached hydrogen (secondary N) is 2. The molecule has 3 heterocycles. The number of allylic oxidation sites excluding steroid dienone is 1. The summed E-state index contributed by atoms with van der Waals surface area (Å²) in [5.74, 6) is 0.429. The Morgan fingerprint density at radius 1 is 1.10 bits per heavy atom. The molecular weight excluding hydrogens is 533 g/mol. The molecule has 0 unspecified atom stereocenters. The number of H-pyrrole nitrogens is 1. The third kappa shape index (κ3) is 6.58. The van der Waals surface area contributed by atoms with Crippen LogP contribution in [0.25, 0.3) is 22.3 Å². The Morgan fingerprint density at radius 2 is 1.92 bits per heavy atom. The predicted octanol–water partition coefficient (Wildman–Crippen LogP) is 6.29. The van der Waals surface area contributed by atoms with Gasteiger partial charge in [0, 0.05) is 37.3 Å². The molecule has 0 atom stereocenters. The number of aromatic amines is 1. The molecule has 1 aliphatic rings. The van der Waals surface area contributed by atoms with Gasteiger partial charge in [0.2, 0.25) is 5.95 Å². The van der Waals surface area contributed by atoms with Crippen molar-refractivity contribution in [3.05, 3.63) is 70.4 Å². The van der Waals surface area contributed by atoms with Crippen molar-refractivity contribution >= 4 is 57.3 Å². The maximum Gasteiger partial charge on any atom is 0.229 e. The van der Waals surface area contributed by atoms with Crippen LogP contribution in [0.5, 0.6) is 0 Å². The van der Waals surface area contributed by atoms with Gasteiger partial charge in [-0.15, -0.1) is 0 Å². The third-order valence-corrected chi connectivity index (χ3v) is 7.21. The van der Waals surface area contributed by atoms with E-state index >= 15 is 0 Å². The van der Waals surface area contributed by atoms with Crippen LogP contribution in [0.4, 0.5) is 17.3 Å². The number of hydrogen-bond donors (Lipinski definition) is 2. The van der Waals surface area contributed by atoms with Gasteiger partial charge in [-0.2, -0.15) is 10.1 Å². The second-order valence-electron chi connectivity index (χ2n) is 9.98. The number of rotatable bonds is 9. The minimum atomic E-state index is 0.0396. The van der Waals surface area contributed by atoms with Crippen molar-refractivity contribution in [3.8, 4) is 11.3 Å². The van der Waals surface area contributed by atoms with Crippen LogP contribution < -0.4 is 10.2 Å². The molecule has 1 fully saturated rings. The smallest absolute Gasteiger partial charge is 0.229 e. The van der Waals surface area contributed by atoms with Crippen LogP contribution in [0, 0.1) is 0 Å². The summed E-state index contributed by atoms with van der Waals surface area (Å²) in [4.78, 5) is 26.3. The quantitative estimate of drug-likeness (QED) is 0.231. The molecule has 2 N–H and O–H groups in total. The summed E-state index contributed by atoms with van der Waals surface area (Å²) in [5, 5.41) is 12.1. The maximum atomic E-state index is 12.5. The number of carbonyl (C=O) groups is 1. The average molecular weight is 565 g/mol. The number of hydrogen-bond acceptors (Lipinski definition) is 7. The van der Waals surface area contributed by atoms with Crippen LogP contribution >= 0.6 is 23.2 Å². The van der Waals surface area contributed by atoms with Crippen LogP contribution in [-0.4, -0.2) is 64.6 Å². The monoisotopic (exact) mass is 563 g/mol. The van der Waals surface area contributed by atoms with Crippen molar-refractivity contribution in [2.24, 2.45) is 0 Å². The van der Waals surface area contributed by atoms with E-state index in [2.05, 4.69) is 25.4 Å². The van der Waals surface area contributed by atoms with Gasteiger partial charge in [-0.1, -0.05) is 47.5 Å². The van der Waals surface area contributed by atoms with E-state index in [0.29, 0.717) is 40.8 Å². The lowest BCUT2D eigenvalue weighted by Crippen LogP contribution is -2.29. The number of ketones is 1. The van der Waals surface area contributed by atoms with Crippen molar-refractivity contribution in [2.45, 2.75) is 25.7 Å². The van der Waals surface area contributed by atoms with Crippen molar-refractivity contribution in [3.63, 3.8) is 0 Å². The van der Waals surface area contributed by atoms with Crippen molar-refractivity contribution in [2.75, 3.05) is 43.9 Å². The lowest BCUT2D eigenvalue weighted by molar-refractivity contribution is -0.114. The summed E-state index contributed by atoms with van der Waals surface area (Å²) in [5.41, 5.74) is 4.62. The molecule has 0 amide bonds. The first kappa shape index (κ1) is 27.1. The number of aromatic nitrogens is 4. The number of carbonyl (C=O) groups excluding carboxylic acids is 1. The Balaban J connectivity index is 1.44. The summed E-state index contributed by atoms with van der Waals surface area (Å²) < 4.78 is 0. The molecule has 202 valence electrons. The summed E-state index contributed by atoms with van der Waals surface area (Å²) >= 11 is 13.0. The molecule has 1 aliphatic heterocycles. The van der Waals surface area contributed by atoms with Gasteiger partial charge in [-0.25, -0.2) is 4.98 Å². The Bertz CT molecular complexity index is 1510. The number of piperidine rings is 1. The Hall–Kier alpha value is -3.46. The van der Waals surface area contributed by atoms with Gasteiger partial charge in [-0.3, -0.25) is 9.89 Å². The van der Waals surface area contributed by atoms with E-state index in [0.717, 1.165) is 53.5 Å². The van der Waals surface area contributed by atoms with E-state index in [-0.39, 0.29) is 5.78 Å². The molecule has 2 aromatic heterocycles. The number of halogens is 2. The van der Waals surface area contributed by atoms with Crippen LogP contribution in [0.15, 0.2) is 54.6 Å². The minimum absolute atomic E-state index is 0.0396. The standard InChI is InChI=1S/C29H31Cl2N7O/c1-37(2)13-7-10-22(39)17-19-8-6-9-20(16-19)26-25-27(31)35-36-28(25)34-29(33-26)32-21-11-12-23(30)24(18-21)38-14-4-3-5-15-38/h6-12,16,18H,3-5,13-15,17H2,1-2H3,(H2,32,33,34,35,36)/b10-7+. The first-order valence-electron chi connectivity index (χ1n) is 13.0. The van der Waals surface area contributed by atoms with E-state index in [1.165, 1.54) is 6.42 Å². The second kappa shape index (κ2) is 12.2. The summed E-state index contributed by atoms with van der Waals surface area (Å²) in [6.45, 7) is 2.70. The molecule has 4 aromatic rings. The molecule has 0 spiro atoms. The van der Waals surface area contributed by atoms with Crippen molar-refractivity contribution in [1.82, 2.24) is 25.1 Å². The normalized spacial score (nSPS) is 14.0. The molecule has 2 aromatic carbocycles. The number of anilines is 3. The number of fused-ring (bicyclic) bond motifs is 1. The molecule has 0 saturated carbocycles. The van der Waals surface area contributed by atoms with E-state index in [4.69, 9.17) is 28.2 Å². The molecular formula is C29H31Cl2N7O. The first-order chi connectivity index (χ1) is 18.9. The lowest BCUT2D eigenvalue weighted by Gasteiger charge is -2.30. The summed E-state index contributed by atoms with van der Waals surface area (Å²) in [7, 11) is 3.93. The van der Waals surface area contributed by atoms with Gasteiger partial charge in [0.25, 0.3) is 0 Å². The fraction of sp³-hybridized carbons (Fsp3) is 0.310. The van der Waals surface area contributed by atoms with Gasteiger partial charge in [-0.05, 0) is 69.3 Å². The van der Waals surface area contributed by atoms with Crippen LogP contribution in [0.1, 0.15) is 24.8 Å². The van der Waals surface area contributed by atoms with Crippen molar-refractivity contribution in [1.29, 1.82) is 0 Å². The molecule has 39 heavy (non-hydrogen) atoms. The third-order valence-electron chi connectivity index (χ3n) is 6.62. The van der Waals surface area contributed by atoms with Gasteiger partial charge in [0.05, 0.1) is 21.8 Å². The van der Waals surface area contributed by atoms with Crippen LogP contribution in [0.3, 0.4) is 0 Å². The predicted molar refractivity (Wildman–Crippen MR) is 159 cm³/mol. The summed E-state index contributed by atoms with van der Waals surface area (Å²) in [6.07, 6.45) is 7.37. The minimum Gasteiger partial charge on any atom is -0.370 e. The average Bonchev–Trinajstić information content (AvgIpc) is 3.30. The van der Waals surface area contributed by atoms with E-state index in [1.807, 2.05) is 67.5 Å². The highest BCUT2D eigenvalue weighted by Crippen LogP contribution is 2.34. The zero-order valence-electron chi connectivity index (χ0n) is 22.0. The number of benzene rings is 2. The fourth-order valence-corrected chi connectivity index (χ4v) is 5.19. The fourth-order valence-electron chi connectivity index (χ4n) is 4.73. The first-order valence-corrected chi connectivity index (χ1v) is 13.8. The Kier molecular flexibility index (Phi) is 8.45. The zero-order chi connectivity index (χ0) is 27.4. The SMILES string of the molecule is CN(C)C/C=C/C(=O)Cc1cccc(-c2nc(Nc3ccc(Cl)c(N4CCCCC4)c3)nc3n[nH]c(Cl)c23)c1. The summed E-state index contributed by atoms with van der Waals surface area (Å²) in [6, 6.07) is 13.6. The zero-order valence-corrected chi connectivity index (χ0v) is 23.6. The highest BCUT2D eigenvalue weighted by atomic mass is 35.5. The van der Waals surface area contributed by atoms with Crippen molar-refractivity contribution < 1.29 is 4.79 Å². The number of nitrogens with zero attached hydrogens (tertiary/aromatic N) is 5. The Labute approximate surface area is 238 Å². The molecule has 8 nitrogen and oxygen atoms in total. The molecule has 5 rings (SSSR count). The molecule has 0 bridgehead atoms. The van der Waals surface area contributed by atoms with Gasteiger partial charge in [0.1, 0.15) is 5.15 Å². The molecule has 10 heteroatoms. The van der Waals surface area contributed by atoms with E-state index in [1.54, 1.807) is 6.08 Å². The topological polar surface area (TPSA) is 90.0 Å². The van der Waals surface area contributed by atoms with Gasteiger partial charge < -0.3 is 15.1 Å². The molecule has 0 radical (unpaired) electrons.